The Morgan fingerprint density at radius 1 is 0.618 bits per heavy atom. The van der Waals surface area contributed by atoms with Crippen molar-refractivity contribution in [3.8, 4) is 0 Å². The summed E-state index contributed by atoms with van der Waals surface area (Å²) in [5.74, 6) is 0. The van der Waals surface area contributed by atoms with Gasteiger partial charge in [0, 0.05) is 0 Å². The van der Waals surface area contributed by atoms with Crippen LogP contribution in [0.4, 0.5) is 0 Å². The van der Waals surface area contributed by atoms with Crippen molar-refractivity contribution in [1.29, 1.82) is 0 Å². The molecule has 16 heteroatoms. The number of aliphatic hydroxyl groups excluding tert-OH is 12. The number of hydrogen-bond donors (Lipinski definition) is 12. The molecule has 0 amide bonds. The molecule has 2 saturated heterocycles. The summed E-state index contributed by atoms with van der Waals surface area (Å²) in [6.07, 6.45) is -24.7. The summed E-state index contributed by atoms with van der Waals surface area (Å²) in [4.78, 5) is 0. The third-order valence-corrected chi connectivity index (χ3v) is 5.74. The van der Waals surface area contributed by atoms with Gasteiger partial charge in [-0.1, -0.05) is 0 Å². The summed E-state index contributed by atoms with van der Waals surface area (Å²) in [5.41, 5.74) is 0. The SMILES string of the molecule is OC[C@@H](O)[C@@H](O[C@@H]1O[C@H](CO)[C@H](O[C@@H]2O[C@H](CO)[C@H](O)[C@H](O)[C@H]2O)[C@H](O)[C@H]1O)[C@H](O)[C@@H](O)CO. The fraction of sp³-hybridized carbons (Fsp3) is 1.00. The summed E-state index contributed by atoms with van der Waals surface area (Å²) in [7, 11) is 0. The first-order valence-corrected chi connectivity index (χ1v) is 10.5. The topological polar surface area (TPSA) is 280 Å². The minimum Gasteiger partial charge on any atom is -0.394 e. The lowest BCUT2D eigenvalue weighted by atomic mass is 9.96. The Morgan fingerprint density at radius 3 is 1.68 bits per heavy atom. The Kier molecular flexibility index (Phi) is 11.4. The third-order valence-electron chi connectivity index (χ3n) is 5.74. The Morgan fingerprint density at radius 2 is 1.15 bits per heavy atom. The average molecular weight is 506 g/mol. The van der Waals surface area contributed by atoms with Gasteiger partial charge < -0.3 is 80.2 Å². The van der Waals surface area contributed by atoms with Gasteiger partial charge in [0.25, 0.3) is 0 Å². The molecule has 0 aromatic heterocycles. The maximum atomic E-state index is 10.6. The fourth-order valence-corrected chi connectivity index (χ4v) is 3.65. The van der Waals surface area contributed by atoms with E-state index in [0.717, 1.165) is 0 Å². The zero-order valence-corrected chi connectivity index (χ0v) is 17.9. The van der Waals surface area contributed by atoms with Crippen LogP contribution in [0.25, 0.3) is 0 Å². The average Bonchev–Trinajstić information content (AvgIpc) is 2.84. The summed E-state index contributed by atoms with van der Waals surface area (Å²) in [5, 5.41) is 118. The molecule has 0 aromatic rings. The van der Waals surface area contributed by atoms with Gasteiger partial charge in [-0.05, 0) is 0 Å². The molecule has 2 aliphatic heterocycles. The monoisotopic (exact) mass is 506 g/mol. The van der Waals surface area contributed by atoms with Crippen molar-refractivity contribution in [2.75, 3.05) is 26.4 Å². The second-order valence-corrected chi connectivity index (χ2v) is 8.10. The second kappa shape index (κ2) is 13.1. The van der Waals surface area contributed by atoms with E-state index in [0.29, 0.717) is 0 Å². The van der Waals surface area contributed by atoms with Crippen molar-refractivity contribution in [3.63, 3.8) is 0 Å². The van der Waals surface area contributed by atoms with Gasteiger partial charge in [0.05, 0.1) is 26.4 Å². The molecule has 2 heterocycles. The van der Waals surface area contributed by atoms with Crippen LogP contribution in [0.3, 0.4) is 0 Å². The molecule has 12 N–H and O–H groups in total. The first kappa shape index (κ1) is 29.6. The summed E-state index contributed by atoms with van der Waals surface area (Å²) in [6.45, 7) is -3.52. The van der Waals surface area contributed by atoms with Crippen LogP contribution in [0.1, 0.15) is 0 Å². The third kappa shape index (κ3) is 6.37. The minimum absolute atomic E-state index is 0.757. The van der Waals surface area contributed by atoms with Crippen LogP contribution in [0.5, 0.6) is 0 Å². The maximum Gasteiger partial charge on any atom is 0.187 e. The van der Waals surface area contributed by atoms with Gasteiger partial charge in [0.15, 0.2) is 12.6 Å². The number of aliphatic hydroxyl groups is 12. The molecule has 2 aliphatic rings. The fourth-order valence-electron chi connectivity index (χ4n) is 3.65. The summed E-state index contributed by atoms with van der Waals surface area (Å²) < 4.78 is 21.2. The normalized spacial score (nSPS) is 42.7. The first-order chi connectivity index (χ1) is 16.0. The van der Waals surface area contributed by atoms with E-state index in [9.17, 15) is 56.2 Å². The van der Waals surface area contributed by atoms with Crippen LogP contribution >= 0.6 is 0 Å². The van der Waals surface area contributed by atoms with Crippen LogP contribution in [-0.2, 0) is 18.9 Å². The molecule has 0 radical (unpaired) electrons. The van der Waals surface area contributed by atoms with Gasteiger partial charge in [-0.25, -0.2) is 0 Å². The highest BCUT2D eigenvalue weighted by molar-refractivity contribution is 4.95. The molecule has 0 aliphatic carbocycles. The number of hydrogen-bond acceptors (Lipinski definition) is 16. The van der Waals surface area contributed by atoms with E-state index >= 15 is 0 Å². The van der Waals surface area contributed by atoms with Crippen LogP contribution in [0.15, 0.2) is 0 Å². The predicted octanol–water partition coefficient (Wildman–Crippen LogP) is -7.94. The van der Waals surface area contributed by atoms with Gasteiger partial charge in [-0.15, -0.1) is 0 Å². The molecule has 34 heavy (non-hydrogen) atoms. The zero-order valence-electron chi connectivity index (χ0n) is 17.9. The quantitative estimate of drug-likeness (QED) is 0.124. The lowest BCUT2D eigenvalue weighted by Gasteiger charge is -2.46. The van der Waals surface area contributed by atoms with Crippen molar-refractivity contribution < 1.29 is 80.2 Å². The molecule has 2 rings (SSSR count). The van der Waals surface area contributed by atoms with Crippen molar-refractivity contribution in [3.05, 3.63) is 0 Å². The van der Waals surface area contributed by atoms with Crippen LogP contribution in [-0.4, -0.2) is 174 Å². The largest absolute Gasteiger partial charge is 0.394 e. The second-order valence-electron chi connectivity index (χ2n) is 8.10. The molecule has 16 nitrogen and oxygen atoms in total. The van der Waals surface area contributed by atoms with Crippen LogP contribution in [0, 0.1) is 0 Å². The smallest absolute Gasteiger partial charge is 0.187 e. The van der Waals surface area contributed by atoms with Gasteiger partial charge in [0.1, 0.15) is 73.2 Å². The van der Waals surface area contributed by atoms with Crippen molar-refractivity contribution in [2.45, 2.75) is 85.8 Å². The molecular formula is C18H34O16. The Hall–Kier alpha value is -0.640. The Labute approximate surface area is 193 Å². The molecule has 0 bridgehead atoms. The highest BCUT2D eigenvalue weighted by Crippen LogP contribution is 2.30. The number of rotatable bonds is 11. The highest BCUT2D eigenvalue weighted by atomic mass is 16.7. The van der Waals surface area contributed by atoms with E-state index in [2.05, 4.69) is 0 Å². The molecule has 0 aromatic carbocycles. The maximum absolute atomic E-state index is 10.6. The minimum atomic E-state index is -1.98. The van der Waals surface area contributed by atoms with Crippen molar-refractivity contribution >= 4 is 0 Å². The number of ether oxygens (including phenoxy) is 4. The van der Waals surface area contributed by atoms with Crippen molar-refractivity contribution in [2.24, 2.45) is 0 Å². The molecular weight excluding hydrogens is 472 g/mol. The van der Waals surface area contributed by atoms with Gasteiger partial charge in [-0.2, -0.15) is 0 Å². The van der Waals surface area contributed by atoms with Crippen molar-refractivity contribution in [1.82, 2.24) is 0 Å². The zero-order chi connectivity index (χ0) is 25.7. The Bertz CT molecular complexity index is 594. The molecule has 14 atom stereocenters. The lowest BCUT2D eigenvalue weighted by Crippen LogP contribution is -2.65. The predicted molar refractivity (Wildman–Crippen MR) is 103 cm³/mol. The molecule has 0 saturated carbocycles. The molecule has 202 valence electrons. The van der Waals surface area contributed by atoms with E-state index in [1.54, 1.807) is 0 Å². The lowest BCUT2D eigenvalue weighted by molar-refractivity contribution is -0.367. The van der Waals surface area contributed by atoms with E-state index in [-0.39, 0.29) is 0 Å². The van der Waals surface area contributed by atoms with E-state index in [4.69, 9.17) is 24.1 Å². The Balaban J connectivity index is 2.17. The van der Waals surface area contributed by atoms with E-state index < -0.39 is 112 Å². The molecule has 0 spiro atoms. The van der Waals surface area contributed by atoms with Gasteiger partial charge in [0.2, 0.25) is 0 Å². The standard InChI is InChI=1S/C18H34O16/c19-1-5(23)9(25)15(6(24)2-20)33-18-14(30)12(28)16(8(4-22)32-18)34-17-13(29)11(27)10(26)7(3-21)31-17/h5-30H,1-4H2/t5-,6+,7+,8+,9+,10-,11-,12+,13+,14+,15+,16-,17-,18-/m0/s1. The summed E-state index contributed by atoms with van der Waals surface area (Å²) >= 11 is 0. The summed E-state index contributed by atoms with van der Waals surface area (Å²) in [6, 6.07) is 0. The van der Waals surface area contributed by atoms with E-state index in [1.807, 2.05) is 0 Å². The van der Waals surface area contributed by atoms with Crippen LogP contribution < -0.4 is 0 Å². The van der Waals surface area contributed by atoms with Gasteiger partial charge >= 0.3 is 0 Å². The van der Waals surface area contributed by atoms with E-state index in [1.165, 1.54) is 0 Å². The molecule has 0 unspecified atom stereocenters. The first-order valence-electron chi connectivity index (χ1n) is 10.5. The van der Waals surface area contributed by atoms with Crippen LogP contribution in [0.2, 0.25) is 0 Å². The molecule has 2 fully saturated rings. The van der Waals surface area contributed by atoms with Gasteiger partial charge in [-0.3, -0.25) is 0 Å². The highest BCUT2D eigenvalue weighted by Gasteiger charge is 2.51.